The van der Waals surface area contributed by atoms with Gasteiger partial charge in [0.15, 0.2) is 5.76 Å². The van der Waals surface area contributed by atoms with Crippen molar-refractivity contribution in [2.24, 2.45) is 5.92 Å². The predicted octanol–water partition coefficient (Wildman–Crippen LogP) is 4.25. The number of hydrogen-bond donors (Lipinski definition) is 4. The summed E-state index contributed by atoms with van der Waals surface area (Å²) in [7, 11) is 0. The first-order chi connectivity index (χ1) is 18.6. The minimum atomic E-state index is -1.37. The van der Waals surface area contributed by atoms with E-state index < -0.39 is 36.0 Å². The summed E-state index contributed by atoms with van der Waals surface area (Å²) in [6, 6.07) is 15.7. The van der Waals surface area contributed by atoms with Crippen LogP contribution in [0.4, 0.5) is 4.79 Å². The largest absolute Gasteiger partial charge is 0.465 e. The number of carboxylic acid groups (broad SMARTS) is 1. The summed E-state index contributed by atoms with van der Waals surface area (Å²) in [6.45, 7) is 3.85. The average molecular weight is 554 g/mol. The molecule has 0 aliphatic heterocycles. The summed E-state index contributed by atoms with van der Waals surface area (Å²) in [6.07, 6.45) is 0.535. The van der Waals surface area contributed by atoms with Gasteiger partial charge in [-0.2, -0.15) is 0 Å². The Bertz CT molecular complexity index is 1250. The number of amides is 3. The molecule has 3 amide bonds. The molecule has 0 radical (unpaired) electrons. The predicted molar refractivity (Wildman–Crippen MR) is 147 cm³/mol. The molecule has 0 spiro atoms. The van der Waals surface area contributed by atoms with Gasteiger partial charge in [-0.15, -0.1) is 0 Å². The molecule has 1 aromatic heterocycles. The molecule has 0 aliphatic rings. The number of benzene rings is 2. The van der Waals surface area contributed by atoms with E-state index in [9.17, 15) is 24.3 Å². The third-order valence-corrected chi connectivity index (χ3v) is 6.24. The van der Waals surface area contributed by atoms with Crippen LogP contribution in [0.15, 0.2) is 77.4 Å². The lowest BCUT2D eigenvalue weighted by Gasteiger charge is -2.25. The van der Waals surface area contributed by atoms with Gasteiger partial charge < -0.3 is 25.5 Å². The molecule has 0 aliphatic carbocycles. The van der Waals surface area contributed by atoms with Crippen LogP contribution in [0.5, 0.6) is 0 Å². The van der Waals surface area contributed by atoms with E-state index in [4.69, 9.17) is 16.0 Å². The van der Waals surface area contributed by atoms with Crippen molar-refractivity contribution in [3.8, 4) is 0 Å². The van der Waals surface area contributed by atoms with Crippen LogP contribution >= 0.6 is 11.6 Å². The molecular weight excluding hydrogens is 522 g/mol. The van der Waals surface area contributed by atoms with E-state index in [0.29, 0.717) is 17.0 Å². The van der Waals surface area contributed by atoms with Gasteiger partial charge in [-0.05, 0) is 47.7 Å². The Morgan fingerprint density at radius 2 is 1.33 bits per heavy atom. The van der Waals surface area contributed by atoms with Crippen LogP contribution in [-0.4, -0.2) is 46.9 Å². The number of Topliss-reactive ketones (excluding diaryl/α,β-unsaturated/α-hetero) is 1. The summed E-state index contributed by atoms with van der Waals surface area (Å²) >= 11 is 6.00. The van der Waals surface area contributed by atoms with Gasteiger partial charge in [0.05, 0.1) is 12.3 Å². The second-order valence-corrected chi connectivity index (χ2v) is 10.1. The third kappa shape index (κ3) is 9.30. The molecule has 1 heterocycles. The molecule has 4 N–H and O–H groups in total. The van der Waals surface area contributed by atoms with Gasteiger partial charge in [-0.25, -0.2) is 4.79 Å². The summed E-state index contributed by atoms with van der Waals surface area (Å²) in [5.41, 5.74) is 1.45. The molecule has 3 aromatic rings. The van der Waals surface area contributed by atoms with Crippen LogP contribution in [0.25, 0.3) is 0 Å². The number of carbonyl (C=O) groups is 4. The zero-order chi connectivity index (χ0) is 28.4. The Balaban J connectivity index is 1.84. The summed E-state index contributed by atoms with van der Waals surface area (Å²) in [5, 5.41) is 17.6. The molecule has 0 saturated heterocycles. The quantitative estimate of drug-likeness (QED) is 0.233. The first-order valence-electron chi connectivity index (χ1n) is 12.6. The topological polar surface area (TPSA) is 138 Å². The normalized spacial score (nSPS) is 13.2. The molecule has 206 valence electrons. The van der Waals surface area contributed by atoms with Gasteiger partial charge >= 0.3 is 6.09 Å². The monoisotopic (exact) mass is 553 g/mol. The molecule has 2 aromatic carbocycles. The molecule has 0 bridgehead atoms. The fourth-order valence-corrected chi connectivity index (χ4v) is 4.24. The van der Waals surface area contributed by atoms with Crippen molar-refractivity contribution < 1.29 is 28.7 Å². The highest BCUT2D eigenvalue weighted by Crippen LogP contribution is 2.15. The number of furan rings is 1. The maximum atomic E-state index is 13.5. The van der Waals surface area contributed by atoms with Crippen LogP contribution in [0.1, 0.15) is 41.9 Å². The van der Waals surface area contributed by atoms with Gasteiger partial charge in [0.1, 0.15) is 12.1 Å². The molecule has 3 atom stereocenters. The minimum Gasteiger partial charge on any atom is -0.465 e. The SMILES string of the molecule is CC(C)CC(NC(=O)C(Cc1ccc(Cl)cc1)NC(=O)C(Cc1ccccc1)NC(=O)O)C(=O)c1ccco1. The standard InChI is InChI=1S/C29H32ClN3O6/c1-18(2)15-22(26(34)25-9-6-14-39-25)31-27(35)23(17-20-10-12-21(30)13-11-20)32-28(36)24(33-29(37)38)16-19-7-4-3-5-8-19/h3-14,18,22-24,33H,15-17H2,1-2H3,(H,31,35)(H,32,36)(H,37,38). The van der Waals surface area contributed by atoms with Gasteiger partial charge in [0.2, 0.25) is 17.6 Å². The van der Waals surface area contributed by atoms with E-state index in [1.807, 2.05) is 19.9 Å². The zero-order valence-electron chi connectivity index (χ0n) is 21.7. The lowest BCUT2D eigenvalue weighted by atomic mass is 9.97. The first kappa shape index (κ1) is 29.4. The fraction of sp³-hybridized carbons (Fsp3) is 0.310. The smallest absolute Gasteiger partial charge is 0.405 e. The Labute approximate surface area is 231 Å². The van der Waals surface area contributed by atoms with E-state index in [1.165, 1.54) is 12.3 Å². The van der Waals surface area contributed by atoms with Crippen molar-refractivity contribution in [3.05, 3.63) is 94.9 Å². The molecule has 0 fully saturated rings. The first-order valence-corrected chi connectivity index (χ1v) is 13.0. The van der Waals surface area contributed by atoms with Crippen molar-refractivity contribution in [1.29, 1.82) is 0 Å². The van der Waals surface area contributed by atoms with Crippen LogP contribution < -0.4 is 16.0 Å². The number of ketones is 1. The molecule has 0 saturated carbocycles. The molecule has 9 nitrogen and oxygen atoms in total. The van der Waals surface area contributed by atoms with Crippen molar-refractivity contribution in [2.75, 3.05) is 0 Å². The van der Waals surface area contributed by atoms with Crippen molar-refractivity contribution in [3.63, 3.8) is 0 Å². The van der Waals surface area contributed by atoms with Crippen molar-refractivity contribution in [2.45, 2.75) is 51.2 Å². The second kappa shape index (κ2) is 14.2. The number of rotatable bonds is 13. The highest BCUT2D eigenvalue weighted by atomic mass is 35.5. The zero-order valence-corrected chi connectivity index (χ0v) is 22.5. The molecule has 39 heavy (non-hydrogen) atoms. The number of halogens is 1. The Morgan fingerprint density at radius 1 is 0.769 bits per heavy atom. The number of carbonyl (C=O) groups excluding carboxylic acids is 3. The summed E-state index contributed by atoms with van der Waals surface area (Å²) in [5.74, 6) is -1.44. The van der Waals surface area contributed by atoms with E-state index in [2.05, 4.69) is 16.0 Å². The molecule has 10 heteroatoms. The van der Waals surface area contributed by atoms with Crippen LogP contribution in [0, 0.1) is 5.92 Å². The maximum Gasteiger partial charge on any atom is 0.405 e. The molecule has 3 rings (SSSR count). The van der Waals surface area contributed by atoms with Crippen LogP contribution in [0.3, 0.4) is 0 Å². The minimum absolute atomic E-state index is 0.0774. The highest BCUT2D eigenvalue weighted by Gasteiger charge is 2.31. The third-order valence-electron chi connectivity index (χ3n) is 5.99. The maximum absolute atomic E-state index is 13.5. The van der Waals surface area contributed by atoms with Crippen molar-refractivity contribution in [1.82, 2.24) is 16.0 Å². The Hall–Kier alpha value is -4.11. The van der Waals surface area contributed by atoms with E-state index in [0.717, 1.165) is 5.56 Å². The highest BCUT2D eigenvalue weighted by molar-refractivity contribution is 6.30. The Kier molecular flexibility index (Phi) is 10.7. The molecule has 3 unspecified atom stereocenters. The summed E-state index contributed by atoms with van der Waals surface area (Å²) in [4.78, 5) is 51.4. The number of nitrogens with one attached hydrogen (secondary N) is 3. The number of hydrogen-bond acceptors (Lipinski definition) is 5. The van der Waals surface area contributed by atoms with E-state index in [1.54, 1.807) is 54.6 Å². The van der Waals surface area contributed by atoms with Crippen LogP contribution in [0.2, 0.25) is 5.02 Å². The van der Waals surface area contributed by atoms with Gasteiger partial charge in [-0.3, -0.25) is 14.4 Å². The van der Waals surface area contributed by atoms with E-state index in [-0.39, 0.29) is 30.3 Å². The average Bonchev–Trinajstić information content (AvgIpc) is 3.43. The van der Waals surface area contributed by atoms with Gasteiger partial charge in [-0.1, -0.05) is 67.9 Å². The Morgan fingerprint density at radius 3 is 1.87 bits per heavy atom. The lowest BCUT2D eigenvalue weighted by Crippen LogP contribution is -2.56. The van der Waals surface area contributed by atoms with Gasteiger partial charge in [0, 0.05) is 17.9 Å². The molecular formula is C29H32ClN3O6. The van der Waals surface area contributed by atoms with E-state index >= 15 is 0 Å². The second-order valence-electron chi connectivity index (χ2n) is 9.62. The lowest BCUT2D eigenvalue weighted by molar-refractivity contribution is -0.130. The van der Waals surface area contributed by atoms with Crippen molar-refractivity contribution >= 4 is 35.3 Å². The summed E-state index contributed by atoms with van der Waals surface area (Å²) < 4.78 is 5.25. The van der Waals surface area contributed by atoms with Crippen LogP contribution in [-0.2, 0) is 22.4 Å². The van der Waals surface area contributed by atoms with Gasteiger partial charge in [0.25, 0.3) is 0 Å². The fourth-order valence-electron chi connectivity index (χ4n) is 4.11.